The number of carbonyl (C=O) groups is 2. The minimum absolute atomic E-state index is 0.0933. The van der Waals surface area contributed by atoms with Crippen LogP contribution < -0.4 is 0 Å². The molecule has 0 aliphatic carbocycles. The van der Waals surface area contributed by atoms with E-state index >= 15 is 0 Å². The zero-order chi connectivity index (χ0) is 14.0. The van der Waals surface area contributed by atoms with Gasteiger partial charge >= 0.3 is 10.1 Å². The highest BCUT2D eigenvalue weighted by Gasteiger charge is 2.32. The summed E-state index contributed by atoms with van der Waals surface area (Å²) in [6, 6.07) is 5.94. The van der Waals surface area contributed by atoms with Crippen LogP contribution in [0, 0.1) is 6.92 Å². The van der Waals surface area contributed by atoms with E-state index in [1.165, 1.54) is 12.1 Å². The molecule has 1 aromatic carbocycles. The number of hydrogen-bond acceptors (Lipinski definition) is 5. The fourth-order valence-corrected chi connectivity index (χ4v) is 2.58. The van der Waals surface area contributed by atoms with Gasteiger partial charge in [0.2, 0.25) is 0 Å². The standard InChI is InChI=1S/C12H13NO5S/c1-9-5-7-10(8-6-9)19(16,17)18-13-11(14)3-2-4-12(13)15/h5-8H,2-4H2,1H3. The molecule has 1 aliphatic heterocycles. The maximum atomic E-state index is 11.9. The Morgan fingerprint density at radius 1 is 1.05 bits per heavy atom. The molecular weight excluding hydrogens is 270 g/mol. The lowest BCUT2D eigenvalue weighted by molar-refractivity contribution is -0.175. The third-order valence-electron chi connectivity index (χ3n) is 2.72. The Hall–Kier alpha value is -1.73. The number of aryl methyl sites for hydroxylation is 1. The molecule has 0 saturated carbocycles. The largest absolute Gasteiger partial charge is 0.318 e. The highest BCUT2D eigenvalue weighted by Crippen LogP contribution is 2.19. The van der Waals surface area contributed by atoms with Gasteiger partial charge in [-0.05, 0) is 25.5 Å². The second-order valence-corrected chi connectivity index (χ2v) is 5.81. The molecule has 2 rings (SSSR count). The van der Waals surface area contributed by atoms with E-state index in [1.54, 1.807) is 12.1 Å². The number of hydrogen-bond donors (Lipinski definition) is 0. The van der Waals surface area contributed by atoms with Crippen LogP contribution in [0.1, 0.15) is 24.8 Å². The first-order valence-corrected chi connectivity index (χ1v) is 7.18. The average molecular weight is 283 g/mol. The lowest BCUT2D eigenvalue weighted by Gasteiger charge is -2.22. The minimum atomic E-state index is -4.16. The Bertz CT molecular complexity index is 590. The van der Waals surface area contributed by atoms with Crippen LogP contribution in [0.2, 0.25) is 0 Å². The Labute approximate surface area is 111 Å². The number of hydroxylamine groups is 2. The lowest BCUT2D eigenvalue weighted by atomic mass is 10.1. The number of nitrogens with zero attached hydrogens (tertiary/aromatic N) is 1. The molecule has 1 saturated heterocycles. The number of imide groups is 1. The first-order valence-electron chi connectivity index (χ1n) is 5.77. The van der Waals surface area contributed by atoms with Crippen molar-refractivity contribution in [1.29, 1.82) is 0 Å². The van der Waals surface area contributed by atoms with E-state index in [9.17, 15) is 18.0 Å². The maximum Gasteiger partial charge on any atom is 0.318 e. The van der Waals surface area contributed by atoms with Crippen molar-refractivity contribution < 1.29 is 22.3 Å². The van der Waals surface area contributed by atoms with Gasteiger partial charge in [0.05, 0.1) is 4.90 Å². The van der Waals surface area contributed by atoms with Crippen LogP contribution in [0.15, 0.2) is 29.2 Å². The van der Waals surface area contributed by atoms with Gasteiger partial charge in [-0.25, -0.2) is 0 Å². The van der Waals surface area contributed by atoms with Crippen molar-refractivity contribution in [2.24, 2.45) is 0 Å². The summed E-state index contributed by atoms with van der Waals surface area (Å²) in [4.78, 5) is 22.9. The molecule has 1 aromatic rings. The summed E-state index contributed by atoms with van der Waals surface area (Å²) in [6.07, 6.45) is 0.631. The molecular formula is C12H13NO5S. The molecule has 0 aromatic heterocycles. The van der Waals surface area contributed by atoms with Crippen LogP contribution in [-0.2, 0) is 24.0 Å². The van der Waals surface area contributed by atoms with E-state index in [4.69, 9.17) is 0 Å². The summed E-state index contributed by atoms with van der Waals surface area (Å²) in [7, 11) is -4.16. The van der Waals surface area contributed by atoms with Gasteiger partial charge in [-0.2, -0.15) is 8.42 Å². The highest BCUT2D eigenvalue weighted by atomic mass is 32.2. The van der Waals surface area contributed by atoms with Gasteiger partial charge in [-0.1, -0.05) is 17.7 Å². The first-order chi connectivity index (χ1) is 8.90. The number of benzene rings is 1. The zero-order valence-electron chi connectivity index (χ0n) is 10.3. The predicted molar refractivity (Wildman–Crippen MR) is 65.2 cm³/mol. The minimum Gasteiger partial charge on any atom is -0.272 e. The van der Waals surface area contributed by atoms with Crippen molar-refractivity contribution in [2.75, 3.05) is 0 Å². The average Bonchev–Trinajstić information content (AvgIpc) is 2.35. The van der Waals surface area contributed by atoms with E-state index in [2.05, 4.69) is 4.28 Å². The van der Waals surface area contributed by atoms with Crippen molar-refractivity contribution in [2.45, 2.75) is 31.1 Å². The topological polar surface area (TPSA) is 80.8 Å². The Morgan fingerprint density at radius 3 is 2.11 bits per heavy atom. The molecule has 0 N–H and O–H groups in total. The summed E-state index contributed by atoms with van der Waals surface area (Å²) < 4.78 is 28.5. The van der Waals surface area contributed by atoms with Gasteiger partial charge in [0.15, 0.2) is 0 Å². The summed E-state index contributed by atoms with van der Waals surface area (Å²) in [5, 5.41) is 0.346. The summed E-state index contributed by atoms with van der Waals surface area (Å²) in [6.45, 7) is 1.81. The van der Waals surface area contributed by atoms with E-state index in [0.29, 0.717) is 11.5 Å². The van der Waals surface area contributed by atoms with Crippen LogP contribution in [-0.4, -0.2) is 25.3 Å². The van der Waals surface area contributed by atoms with Crippen LogP contribution >= 0.6 is 0 Å². The van der Waals surface area contributed by atoms with E-state index in [1.807, 2.05) is 6.92 Å². The number of amides is 2. The molecule has 1 aliphatic rings. The lowest BCUT2D eigenvalue weighted by Crippen LogP contribution is -2.41. The molecule has 6 nitrogen and oxygen atoms in total. The highest BCUT2D eigenvalue weighted by molar-refractivity contribution is 7.86. The Morgan fingerprint density at radius 2 is 1.58 bits per heavy atom. The van der Waals surface area contributed by atoms with Crippen LogP contribution in [0.25, 0.3) is 0 Å². The summed E-state index contributed by atoms with van der Waals surface area (Å²) in [5.74, 6) is -1.26. The maximum absolute atomic E-state index is 11.9. The molecule has 0 unspecified atom stereocenters. The van der Waals surface area contributed by atoms with Crippen molar-refractivity contribution >= 4 is 21.9 Å². The smallest absolute Gasteiger partial charge is 0.272 e. The van der Waals surface area contributed by atoms with Crippen LogP contribution in [0.4, 0.5) is 0 Å². The fourth-order valence-electron chi connectivity index (χ4n) is 1.66. The van der Waals surface area contributed by atoms with Gasteiger partial charge < -0.3 is 0 Å². The Kier molecular flexibility index (Phi) is 3.68. The van der Waals surface area contributed by atoms with Crippen LogP contribution in [0.3, 0.4) is 0 Å². The second kappa shape index (κ2) is 5.10. The van der Waals surface area contributed by atoms with Crippen LogP contribution in [0.5, 0.6) is 0 Å². The van der Waals surface area contributed by atoms with Crippen molar-refractivity contribution in [3.8, 4) is 0 Å². The zero-order valence-corrected chi connectivity index (χ0v) is 11.1. The Balaban J connectivity index is 2.23. The van der Waals surface area contributed by atoms with Crippen molar-refractivity contribution in [3.05, 3.63) is 29.8 Å². The number of rotatable bonds is 3. The quantitative estimate of drug-likeness (QED) is 0.777. The normalized spacial score (nSPS) is 16.8. The molecule has 1 heterocycles. The number of piperidine rings is 1. The van der Waals surface area contributed by atoms with Crippen molar-refractivity contribution in [1.82, 2.24) is 5.06 Å². The number of carbonyl (C=O) groups excluding carboxylic acids is 2. The third-order valence-corrected chi connectivity index (χ3v) is 3.91. The molecule has 0 radical (unpaired) electrons. The molecule has 0 atom stereocenters. The van der Waals surface area contributed by atoms with E-state index in [0.717, 1.165) is 5.56 Å². The molecule has 1 fully saturated rings. The molecule has 19 heavy (non-hydrogen) atoms. The van der Waals surface area contributed by atoms with Gasteiger partial charge in [0.1, 0.15) is 0 Å². The summed E-state index contributed by atoms with van der Waals surface area (Å²) >= 11 is 0. The molecule has 2 amide bonds. The van der Waals surface area contributed by atoms with Gasteiger partial charge in [-0.15, -0.1) is 9.35 Å². The summed E-state index contributed by atoms with van der Waals surface area (Å²) in [5.41, 5.74) is 0.893. The van der Waals surface area contributed by atoms with Crippen molar-refractivity contribution in [3.63, 3.8) is 0 Å². The monoisotopic (exact) mass is 283 g/mol. The predicted octanol–water partition coefficient (Wildman–Crippen LogP) is 1.15. The van der Waals surface area contributed by atoms with Gasteiger partial charge in [0.25, 0.3) is 11.8 Å². The van der Waals surface area contributed by atoms with E-state index < -0.39 is 21.9 Å². The molecule has 0 spiro atoms. The van der Waals surface area contributed by atoms with Gasteiger partial charge in [0, 0.05) is 12.8 Å². The third kappa shape index (κ3) is 2.99. The SMILES string of the molecule is Cc1ccc(S(=O)(=O)ON2C(=O)CCCC2=O)cc1. The molecule has 102 valence electrons. The molecule has 7 heteroatoms. The molecule has 0 bridgehead atoms. The first kappa shape index (κ1) is 13.7. The van der Waals surface area contributed by atoms with E-state index in [-0.39, 0.29) is 17.7 Å². The van der Waals surface area contributed by atoms with Gasteiger partial charge in [-0.3, -0.25) is 9.59 Å². The second-order valence-electron chi connectivity index (χ2n) is 4.28. The fraction of sp³-hybridized carbons (Fsp3) is 0.333.